The fourth-order valence-electron chi connectivity index (χ4n) is 1.50. The monoisotopic (exact) mass is 203 g/mol. The highest BCUT2D eigenvalue weighted by molar-refractivity contribution is 7.10. The van der Waals surface area contributed by atoms with E-state index in [1.54, 1.807) is 11.3 Å². The molecule has 0 bridgehead atoms. The summed E-state index contributed by atoms with van der Waals surface area (Å²) in [5.74, 6) is 0. The molecule has 1 unspecified atom stereocenters. The van der Waals surface area contributed by atoms with Crippen LogP contribution in [0.3, 0.4) is 0 Å². The summed E-state index contributed by atoms with van der Waals surface area (Å²) in [6.45, 7) is 2.09. The van der Waals surface area contributed by atoms with E-state index in [4.69, 9.17) is 5.73 Å². The van der Waals surface area contributed by atoms with Crippen molar-refractivity contribution in [1.29, 1.82) is 0 Å². The zero-order chi connectivity index (χ0) is 9.97. The number of benzene rings is 1. The van der Waals surface area contributed by atoms with Crippen molar-refractivity contribution >= 4 is 11.3 Å². The molecule has 0 amide bonds. The van der Waals surface area contributed by atoms with E-state index in [2.05, 4.69) is 42.6 Å². The number of nitrogens with two attached hydrogens (primary N) is 1. The molecule has 0 spiro atoms. The molecule has 72 valence electrons. The summed E-state index contributed by atoms with van der Waals surface area (Å²) in [5, 5.41) is 2.06. The summed E-state index contributed by atoms with van der Waals surface area (Å²) in [6.07, 6.45) is 0. The maximum atomic E-state index is 6.14. The van der Waals surface area contributed by atoms with Crippen LogP contribution in [0.1, 0.15) is 22.0 Å². The summed E-state index contributed by atoms with van der Waals surface area (Å²) in [5.41, 5.74) is 8.59. The first-order valence-electron chi connectivity index (χ1n) is 4.63. The van der Waals surface area contributed by atoms with Gasteiger partial charge in [-0.05, 0) is 23.9 Å². The van der Waals surface area contributed by atoms with Crippen LogP contribution >= 0.6 is 11.3 Å². The second-order valence-corrected chi connectivity index (χ2v) is 4.39. The molecule has 1 aromatic heterocycles. The first-order valence-corrected chi connectivity index (χ1v) is 5.51. The van der Waals surface area contributed by atoms with Crippen molar-refractivity contribution < 1.29 is 0 Å². The van der Waals surface area contributed by atoms with Gasteiger partial charge in [0.05, 0.1) is 6.04 Å². The van der Waals surface area contributed by atoms with Gasteiger partial charge in [-0.2, -0.15) is 0 Å². The summed E-state index contributed by atoms with van der Waals surface area (Å²) in [7, 11) is 0. The lowest BCUT2D eigenvalue weighted by atomic mass is 10.0. The zero-order valence-electron chi connectivity index (χ0n) is 8.10. The van der Waals surface area contributed by atoms with E-state index >= 15 is 0 Å². The Kier molecular flexibility index (Phi) is 2.66. The molecule has 0 radical (unpaired) electrons. The number of hydrogen-bond acceptors (Lipinski definition) is 2. The molecule has 0 aliphatic rings. The van der Waals surface area contributed by atoms with Gasteiger partial charge in [-0.3, -0.25) is 0 Å². The van der Waals surface area contributed by atoms with Gasteiger partial charge in [-0.25, -0.2) is 0 Å². The van der Waals surface area contributed by atoms with Gasteiger partial charge in [0.1, 0.15) is 0 Å². The van der Waals surface area contributed by atoms with E-state index < -0.39 is 0 Å². The zero-order valence-corrected chi connectivity index (χ0v) is 8.92. The third kappa shape index (κ3) is 1.86. The van der Waals surface area contributed by atoms with E-state index in [0.29, 0.717) is 0 Å². The number of aryl methyl sites for hydroxylation is 1. The van der Waals surface area contributed by atoms with Gasteiger partial charge in [-0.15, -0.1) is 11.3 Å². The molecule has 0 saturated carbocycles. The Bertz CT molecular complexity index is 406. The van der Waals surface area contributed by atoms with E-state index in [1.165, 1.54) is 16.0 Å². The molecule has 2 aromatic rings. The van der Waals surface area contributed by atoms with Crippen LogP contribution in [0.5, 0.6) is 0 Å². The van der Waals surface area contributed by atoms with Crippen LogP contribution in [0.25, 0.3) is 0 Å². The Balaban J connectivity index is 2.32. The predicted molar refractivity (Wildman–Crippen MR) is 61.5 cm³/mol. The van der Waals surface area contributed by atoms with Crippen LogP contribution in [0.2, 0.25) is 0 Å². The molecule has 2 rings (SSSR count). The molecule has 1 nitrogen and oxygen atoms in total. The van der Waals surface area contributed by atoms with Gasteiger partial charge in [0.2, 0.25) is 0 Å². The molecule has 0 aliphatic heterocycles. The third-order valence-corrected chi connectivity index (χ3v) is 3.21. The molecular formula is C12H13NS. The molecule has 0 fully saturated rings. The second-order valence-electron chi connectivity index (χ2n) is 3.41. The highest BCUT2D eigenvalue weighted by Gasteiger charge is 2.08. The molecule has 1 aromatic carbocycles. The Morgan fingerprint density at radius 2 is 2.07 bits per heavy atom. The van der Waals surface area contributed by atoms with Crippen LogP contribution in [-0.2, 0) is 0 Å². The standard InChI is InChI=1S/C12H13NS/c1-9-4-2-5-10(8-9)12(13)11-6-3-7-14-11/h2-8,12H,13H2,1H3. The Hall–Kier alpha value is -1.12. The van der Waals surface area contributed by atoms with E-state index in [0.717, 1.165) is 0 Å². The Morgan fingerprint density at radius 3 is 2.71 bits per heavy atom. The Morgan fingerprint density at radius 1 is 1.21 bits per heavy atom. The minimum Gasteiger partial charge on any atom is -0.320 e. The molecule has 2 N–H and O–H groups in total. The topological polar surface area (TPSA) is 26.0 Å². The highest BCUT2D eigenvalue weighted by Crippen LogP contribution is 2.23. The number of thiophene rings is 1. The molecule has 1 heterocycles. The van der Waals surface area contributed by atoms with Crippen LogP contribution in [0.4, 0.5) is 0 Å². The van der Waals surface area contributed by atoms with Crippen molar-refractivity contribution in [2.75, 3.05) is 0 Å². The average molecular weight is 203 g/mol. The smallest absolute Gasteiger partial charge is 0.0646 e. The largest absolute Gasteiger partial charge is 0.320 e. The summed E-state index contributed by atoms with van der Waals surface area (Å²) in [4.78, 5) is 1.22. The number of hydrogen-bond donors (Lipinski definition) is 1. The van der Waals surface area contributed by atoms with Crippen LogP contribution < -0.4 is 5.73 Å². The minimum atomic E-state index is 0.0231. The fraction of sp³-hybridized carbons (Fsp3) is 0.167. The summed E-state index contributed by atoms with van der Waals surface area (Å²) >= 11 is 1.71. The molecule has 14 heavy (non-hydrogen) atoms. The lowest BCUT2D eigenvalue weighted by molar-refractivity contribution is 0.891. The third-order valence-electron chi connectivity index (χ3n) is 2.25. The second kappa shape index (κ2) is 3.95. The van der Waals surface area contributed by atoms with Gasteiger partial charge < -0.3 is 5.73 Å². The van der Waals surface area contributed by atoms with Crippen LogP contribution in [0, 0.1) is 6.92 Å². The van der Waals surface area contributed by atoms with E-state index in [1.807, 2.05) is 6.07 Å². The molecular weight excluding hydrogens is 190 g/mol. The maximum Gasteiger partial charge on any atom is 0.0646 e. The first-order chi connectivity index (χ1) is 6.77. The van der Waals surface area contributed by atoms with Crippen molar-refractivity contribution in [3.05, 3.63) is 57.8 Å². The lowest BCUT2D eigenvalue weighted by Gasteiger charge is -2.10. The number of rotatable bonds is 2. The molecule has 1 atom stereocenters. The molecule has 0 aliphatic carbocycles. The van der Waals surface area contributed by atoms with Crippen molar-refractivity contribution in [1.82, 2.24) is 0 Å². The van der Waals surface area contributed by atoms with E-state index in [9.17, 15) is 0 Å². The fourth-order valence-corrected chi connectivity index (χ4v) is 2.25. The van der Waals surface area contributed by atoms with Gasteiger partial charge in [0, 0.05) is 4.88 Å². The van der Waals surface area contributed by atoms with Crippen molar-refractivity contribution in [3.63, 3.8) is 0 Å². The normalized spacial score (nSPS) is 12.7. The average Bonchev–Trinajstić information content (AvgIpc) is 2.69. The van der Waals surface area contributed by atoms with Crippen molar-refractivity contribution in [2.24, 2.45) is 5.73 Å². The van der Waals surface area contributed by atoms with Crippen molar-refractivity contribution in [3.8, 4) is 0 Å². The van der Waals surface area contributed by atoms with Crippen molar-refractivity contribution in [2.45, 2.75) is 13.0 Å². The maximum absolute atomic E-state index is 6.14. The minimum absolute atomic E-state index is 0.0231. The first kappa shape index (κ1) is 9.44. The quantitative estimate of drug-likeness (QED) is 0.797. The Labute approximate surface area is 88.2 Å². The van der Waals surface area contributed by atoms with Crippen LogP contribution in [-0.4, -0.2) is 0 Å². The lowest BCUT2D eigenvalue weighted by Crippen LogP contribution is -2.09. The van der Waals surface area contributed by atoms with Gasteiger partial charge >= 0.3 is 0 Å². The molecule has 0 saturated heterocycles. The highest BCUT2D eigenvalue weighted by atomic mass is 32.1. The van der Waals surface area contributed by atoms with Crippen LogP contribution in [0.15, 0.2) is 41.8 Å². The van der Waals surface area contributed by atoms with Gasteiger partial charge in [-0.1, -0.05) is 35.9 Å². The van der Waals surface area contributed by atoms with Gasteiger partial charge in [0.25, 0.3) is 0 Å². The van der Waals surface area contributed by atoms with Gasteiger partial charge in [0.15, 0.2) is 0 Å². The molecule has 2 heteroatoms. The summed E-state index contributed by atoms with van der Waals surface area (Å²) in [6, 6.07) is 12.5. The SMILES string of the molecule is Cc1cccc(C(N)c2cccs2)c1. The summed E-state index contributed by atoms with van der Waals surface area (Å²) < 4.78 is 0. The van der Waals surface area contributed by atoms with E-state index in [-0.39, 0.29) is 6.04 Å². The predicted octanol–water partition coefficient (Wildman–Crippen LogP) is 3.10.